The van der Waals surface area contributed by atoms with Crippen molar-refractivity contribution in [1.82, 2.24) is 9.80 Å². The fourth-order valence-electron chi connectivity index (χ4n) is 2.52. The molecule has 0 spiro atoms. The van der Waals surface area contributed by atoms with Crippen LogP contribution >= 0.6 is 11.6 Å². The van der Waals surface area contributed by atoms with Gasteiger partial charge in [0, 0.05) is 31.2 Å². The van der Waals surface area contributed by atoms with E-state index in [0.29, 0.717) is 26.1 Å². The van der Waals surface area contributed by atoms with E-state index in [2.05, 4.69) is 0 Å². The fraction of sp³-hybridized carbons (Fsp3) is 0.533. The van der Waals surface area contributed by atoms with E-state index >= 15 is 0 Å². The van der Waals surface area contributed by atoms with Gasteiger partial charge in [-0.05, 0) is 31.2 Å². The fourth-order valence-corrected chi connectivity index (χ4v) is 2.67. The predicted molar refractivity (Wildman–Crippen MR) is 79.0 cm³/mol. The molecule has 0 radical (unpaired) electrons. The Labute approximate surface area is 136 Å². The van der Waals surface area contributed by atoms with Crippen LogP contribution in [0.3, 0.4) is 0 Å². The number of alkyl halides is 3. The number of carbonyl (C=O) groups is 1. The number of halogens is 5. The summed E-state index contributed by atoms with van der Waals surface area (Å²) in [5, 5.41) is 0.202. The van der Waals surface area contributed by atoms with Gasteiger partial charge in [-0.25, -0.2) is 4.39 Å². The molecule has 1 heterocycles. The van der Waals surface area contributed by atoms with Crippen molar-refractivity contribution in [2.45, 2.75) is 19.0 Å². The van der Waals surface area contributed by atoms with E-state index in [-0.39, 0.29) is 23.7 Å². The molecule has 8 heteroatoms. The second kappa shape index (κ2) is 7.49. The first-order chi connectivity index (χ1) is 10.8. The lowest BCUT2D eigenvalue weighted by Gasteiger charge is -2.22. The van der Waals surface area contributed by atoms with E-state index in [1.807, 2.05) is 0 Å². The summed E-state index contributed by atoms with van der Waals surface area (Å²) < 4.78 is 50.6. The van der Waals surface area contributed by atoms with Crippen LogP contribution in [0.2, 0.25) is 5.02 Å². The molecular formula is C15H17ClF4N2O. The summed E-state index contributed by atoms with van der Waals surface area (Å²) in [6.45, 7) is 1.42. The zero-order chi connectivity index (χ0) is 17.0. The normalized spacial score (nSPS) is 17.2. The number of benzene rings is 1. The minimum Gasteiger partial charge on any atom is -0.337 e. The average Bonchev–Trinajstić information content (AvgIpc) is 2.69. The Morgan fingerprint density at radius 1 is 1.17 bits per heavy atom. The highest BCUT2D eigenvalue weighted by Crippen LogP contribution is 2.21. The van der Waals surface area contributed by atoms with E-state index < -0.39 is 24.3 Å². The van der Waals surface area contributed by atoms with Crippen molar-refractivity contribution in [2.24, 2.45) is 0 Å². The van der Waals surface area contributed by atoms with Crippen LogP contribution in [0.15, 0.2) is 18.2 Å². The van der Waals surface area contributed by atoms with Gasteiger partial charge in [0.05, 0.1) is 12.0 Å². The molecule has 0 aromatic heterocycles. The first-order valence-corrected chi connectivity index (χ1v) is 7.67. The zero-order valence-electron chi connectivity index (χ0n) is 12.4. The predicted octanol–water partition coefficient (Wildman–Crippen LogP) is 3.58. The molecule has 1 aliphatic heterocycles. The highest BCUT2D eigenvalue weighted by molar-refractivity contribution is 6.30. The minimum atomic E-state index is -4.19. The van der Waals surface area contributed by atoms with Crippen LogP contribution in [-0.2, 0) is 0 Å². The Kier molecular flexibility index (Phi) is 5.86. The van der Waals surface area contributed by atoms with Gasteiger partial charge in [0.1, 0.15) is 5.82 Å². The van der Waals surface area contributed by atoms with E-state index in [0.717, 1.165) is 6.07 Å². The number of nitrogens with zero attached hydrogens (tertiary/aromatic N) is 2. The molecule has 23 heavy (non-hydrogen) atoms. The Morgan fingerprint density at radius 3 is 2.57 bits per heavy atom. The Bertz CT molecular complexity index is 565. The molecule has 1 saturated heterocycles. The molecule has 0 N–H and O–H groups in total. The molecule has 0 atom stereocenters. The monoisotopic (exact) mass is 352 g/mol. The van der Waals surface area contributed by atoms with Gasteiger partial charge in [-0.15, -0.1) is 0 Å². The molecule has 128 valence electrons. The van der Waals surface area contributed by atoms with Gasteiger partial charge < -0.3 is 9.80 Å². The first-order valence-electron chi connectivity index (χ1n) is 7.30. The minimum absolute atomic E-state index is 0.0712. The van der Waals surface area contributed by atoms with Crippen molar-refractivity contribution in [3.05, 3.63) is 34.6 Å². The van der Waals surface area contributed by atoms with Crippen molar-refractivity contribution in [3.63, 3.8) is 0 Å². The summed E-state index contributed by atoms with van der Waals surface area (Å²) in [6, 6.07) is 3.83. The van der Waals surface area contributed by atoms with Gasteiger partial charge in [-0.3, -0.25) is 4.79 Å². The Morgan fingerprint density at radius 2 is 1.91 bits per heavy atom. The number of hydrogen-bond donors (Lipinski definition) is 0. The van der Waals surface area contributed by atoms with Crippen LogP contribution in [-0.4, -0.2) is 54.6 Å². The number of hydrogen-bond acceptors (Lipinski definition) is 2. The average molecular weight is 353 g/mol. The smallest absolute Gasteiger partial charge is 0.337 e. The van der Waals surface area contributed by atoms with Crippen molar-refractivity contribution in [3.8, 4) is 0 Å². The largest absolute Gasteiger partial charge is 0.390 e. The number of rotatable bonds is 3. The van der Waals surface area contributed by atoms with Crippen molar-refractivity contribution in [2.75, 3.05) is 32.7 Å². The molecule has 1 aliphatic rings. The topological polar surface area (TPSA) is 23.6 Å². The summed E-state index contributed by atoms with van der Waals surface area (Å²) in [4.78, 5) is 15.5. The summed E-state index contributed by atoms with van der Waals surface area (Å²) in [5.41, 5.74) is -0.0712. The third-order valence-corrected chi connectivity index (χ3v) is 3.98. The molecule has 2 rings (SSSR count). The van der Waals surface area contributed by atoms with Crippen molar-refractivity contribution < 1.29 is 22.4 Å². The van der Waals surface area contributed by atoms with Crippen LogP contribution in [0.5, 0.6) is 0 Å². The molecule has 1 aromatic rings. The second-order valence-corrected chi connectivity index (χ2v) is 5.91. The standard InChI is InChI=1S/C15H17ClF4N2O/c16-11-2-3-12(13(17)10-11)14(23)22-6-1-5-21(8-9-22)7-4-15(18,19)20/h2-3,10H,1,4-9H2. The van der Waals surface area contributed by atoms with E-state index in [4.69, 9.17) is 11.6 Å². The van der Waals surface area contributed by atoms with E-state index in [1.54, 1.807) is 4.90 Å². The molecule has 1 aromatic carbocycles. The van der Waals surface area contributed by atoms with Crippen molar-refractivity contribution in [1.29, 1.82) is 0 Å². The SMILES string of the molecule is O=C(c1ccc(Cl)cc1F)N1CCCN(CCC(F)(F)F)CC1. The molecule has 0 bridgehead atoms. The number of amides is 1. The van der Waals surface area contributed by atoms with Gasteiger partial charge in [-0.1, -0.05) is 11.6 Å². The highest BCUT2D eigenvalue weighted by atomic mass is 35.5. The van der Waals surface area contributed by atoms with Gasteiger partial charge in [-0.2, -0.15) is 13.2 Å². The molecule has 0 aliphatic carbocycles. The second-order valence-electron chi connectivity index (χ2n) is 5.48. The molecule has 0 saturated carbocycles. The van der Waals surface area contributed by atoms with Gasteiger partial charge >= 0.3 is 6.18 Å². The zero-order valence-corrected chi connectivity index (χ0v) is 13.1. The quantitative estimate of drug-likeness (QED) is 0.776. The van der Waals surface area contributed by atoms with Gasteiger partial charge in [0.15, 0.2) is 0 Å². The highest BCUT2D eigenvalue weighted by Gasteiger charge is 2.29. The van der Waals surface area contributed by atoms with Crippen LogP contribution < -0.4 is 0 Å². The molecule has 1 amide bonds. The summed E-state index contributed by atoms with van der Waals surface area (Å²) in [7, 11) is 0. The van der Waals surface area contributed by atoms with Gasteiger partial charge in [0.25, 0.3) is 5.91 Å². The third kappa shape index (κ3) is 5.35. The van der Waals surface area contributed by atoms with Crippen LogP contribution in [0.25, 0.3) is 0 Å². The maximum atomic E-state index is 13.8. The van der Waals surface area contributed by atoms with E-state index in [9.17, 15) is 22.4 Å². The molecule has 1 fully saturated rings. The summed E-state index contributed by atoms with van der Waals surface area (Å²) in [5.74, 6) is -1.16. The van der Waals surface area contributed by atoms with Crippen LogP contribution in [0.1, 0.15) is 23.2 Å². The van der Waals surface area contributed by atoms with E-state index in [1.165, 1.54) is 17.0 Å². The molecular weight excluding hydrogens is 336 g/mol. The lowest BCUT2D eigenvalue weighted by molar-refractivity contribution is -0.137. The maximum absolute atomic E-state index is 13.8. The summed E-state index contributed by atoms with van der Waals surface area (Å²) >= 11 is 5.66. The Balaban J connectivity index is 1.96. The lowest BCUT2D eigenvalue weighted by atomic mass is 10.2. The first kappa shape index (κ1) is 18.0. The Hall–Kier alpha value is -1.34. The van der Waals surface area contributed by atoms with Crippen LogP contribution in [0.4, 0.5) is 17.6 Å². The van der Waals surface area contributed by atoms with Crippen LogP contribution in [0, 0.1) is 5.82 Å². The maximum Gasteiger partial charge on any atom is 0.390 e. The summed E-state index contributed by atoms with van der Waals surface area (Å²) in [6.07, 6.45) is -4.50. The third-order valence-electron chi connectivity index (χ3n) is 3.75. The lowest BCUT2D eigenvalue weighted by Crippen LogP contribution is -2.36. The molecule has 3 nitrogen and oxygen atoms in total. The molecule has 0 unspecified atom stereocenters. The van der Waals surface area contributed by atoms with Crippen molar-refractivity contribution >= 4 is 17.5 Å². The number of carbonyl (C=O) groups excluding carboxylic acids is 1. The van der Waals surface area contributed by atoms with Gasteiger partial charge in [0.2, 0.25) is 0 Å².